The summed E-state index contributed by atoms with van der Waals surface area (Å²) in [5, 5.41) is 2.98. The van der Waals surface area contributed by atoms with Crippen LogP contribution >= 0.6 is 12.4 Å². The molecule has 0 saturated carbocycles. The van der Waals surface area contributed by atoms with Gasteiger partial charge < -0.3 is 11.1 Å². The maximum Gasteiger partial charge on any atom is 0.243 e. The highest BCUT2D eigenvalue weighted by Crippen LogP contribution is 2.21. The molecule has 1 aliphatic heterocycles. The van der Waals surface area contributed by atoms with Gasteiger partial charge in [-0.2, -0.15) is 4.31 Å². The zero-order chi connectivity index (χ0) is 19.9. The third kappa shape index (κ3) is 7.35. The molecule has 1 aliphatic rings. The van der Waals surface area contributed by atoms with Crippen molar-refractivity contribution in [3.63, 3.8) is 0 Å². The van der Waals surface area contributed by atoms with Crippen LogP contribution in [0.3, 0.4) is 0 Å². The fraction of sp³-hybridized carbons (Fsp3) is 0.650. The first-order valence-corrected chi connectivity index (χ1v) is 11.4. The first-order chi connectivity index (χ1) is 12.8. The maximum absolute atomic E-state index is 12.7. The van der Waals surface area contributed by atoms with Gasteiger partial charge in [-0.25, -0.2) is 8.42 Å². The molecule has 0 bridgehead atoms. The molecule has 1 amide bonds. The Balaban J connectivity index is 0.00000392. The summed E-state index contributed by atoms with van der Waals surface area (Å²) >= 11 is 0. The van der Waals surface area contributed by atoms with Crippen LogP contribution in [0.2, 0.25) is 0 Å². The van der Waals surface area contributed by atoms with Gasteiger partial charge in [0, 0.05) is 32.1 Å². The largest absolute Gasteiger partial charge is 0.352 e. The molecule has 1 fully saturated rings. The van der Waals surface area contributed by atoms with Crippen LogP contribution in [0.15, 0.2) is 29.2 Å². The van der Waals surface area contributed by atoms with Gasteiger partial charge in [-0.15, -0.1) is 12.4 Å². The molecule has 1 atom stereocenters. The summed E-state index contributed by atoms with van der Waals surface area (Å²) < 4.78 is 26.9. The van der Waals surface area contributed by atoms with Gasteiger partial charge in [-0.1, -0.05) is 32.4 Å². The van der Waals surface area contributed by atoms with E-state index in [4.69, 9.17) is 5.73 Å². The highest BCUT2D eigenvalue weighted by Gasteiger charge is 2.25. The Hall–Kier alpha value is -1.15. The molecule has 1 heterocycles. The molecular formula is C20H34ClN3O3S. The SMILES string of the molecule is CC(C)CC(CN)NC(=O)CCc1ccc(S(=O)(=O)N2CCCCC2)cc1.Cl. The zero-order valence-corrected chi connectivity index (χ0v) is 18.5. The Morgan fingerprint density at radius 1 is 1.14 bits per heavy atom. The van der Waals surface area contributed by atoms with Crippen molar-refractivity contribution < 1.29 is 13.2 Å². The third-order valence-electron chi connectivity index (χ3n) is 4.92. The monoisotopic (exact) mass is 431 g/mol. The van der Waals surface area contributed by atoms with E-state index in [0.29, 0.717) is 43.3 Å². The normalized spacial score (nSPS) is 16.4. The number of rotatable bonds is 9. The minimum Gasteiger partial charge on any atom is -0.352 e. The third-order valence-corrected chi connectivity index (χ3v) is 6.84. The van der Waals surface area contributed by atoms with E-state index in [-0.39, 0.29) is 24.4 Å². The summed E-state index contributed by atoms with van der Waals surface area (Å²) in [5.41, 5.74) is 6.67. The molecule has 0 aromatic heterocycles. The Morgan fingerprint density at radius 3 is 2.29 bits per heavy atom. The van der Waals surface area contributed by atoms with Crippen molar-refractivity contribution in [3.05, 3.63) is 29.8 Å². The van der Waals surface area contributed by atoms with E-state index < -0.39 is 10.0 Å². The van der Waals surface area contributed by atoms with Gasteiger partial charge in [0.1, 0.15) is 0 Å². The van der Waals surface area contributed by atoms with Crippen LogP contribution in [-0.2, 0) is 21.2 Å². The first kappa shape index (κ1) is 24.9. The second kappa shape index (κ2) is 11.8. The highest BCUT2D eigenvalue weighted by atomic mass is 35.5. The molecule has 1 aromatic rings. The number of halogens is 1. The lowest BCUT2D eigenvalue weighted by atomic mass is 10.0. The van der Waals surface area contributed by atoms with Crippen LogP contribution in [0.25, 0.3) is 0 Å². The molecule has 1 aromatic carbocycles. The van der Waals surface area contributed by atoms with Crippen molar-refractivity contribution >= 4 is 28.3 Å². The number of piperidine rings is 1. The van der Waals surface area contributed by atoms with Crippen molar-refractivity contribution in [1.82, 2.24) is 9.62 Å². The number of aryl methyl sites for hydroxylation is 1. The summed E-state index contributed by atoms with van der Waals surface area (Å²) in [6.45, 7) is 5.85. The van der Waals surface area contributed by atoms with Gasteiger partial charge in [0.15, 0.2) is 0 Å². The first-order valence-electron chi connectivity index (χ1n) is 9.91. The summed E-state index contributed by atoms with van der Waals surface area (Å²) in [7, 11) is -3.40. The minimum atomic E-state index is -3.40. The van der Waals surface area contributed by atoms with E-state index in [2.05, 4.69) is 19.2 Å². The number of nitrogens with two attached hydrogens (primary N) is 1. The van der Waals surface area contributed by atoms with E-state index in [1.54, 1.807) is 28.6 Å². The summed E-state index contributed by atoms with van der Waals surface area (Å²) in [6, 6.07) is 6.92. The fourth-order valence-corrected chi connectivity index (χ4v) is 4.94. The molecule has 28 heavy (non-hydrogen) atoms. The van der Waals surface area contributed by atoms with E-state index in [1.165, 1.54) is 0 Å². The molecular weight excluding hydrogens is 398 g/mol. The van der Waals surface area contributed by atoms with Gasteiger partial charge in [0.2, 0.25) is 15.9 Å². The van der Waals surface area contributed by atoms with Gasteiger partial charge in [0.05, 0.1) is 4.90 Å². The molecule has 1 saturated heterocycles. The summed E-state index contributed by atoms with van der Waals surface area (Å²) in [5.74, 6) is 0.462. The van der Waals surface area contributed by atoms with E-state index >= 15 is 0 Å². The fourth-order valence-electron chi connectivity index (χ4n) is 3.42. The number of nitrogens with zero attached hydrogens (tertiary/aromatic N) is 1. The number of carbonyl (C=O) groups is 1. The van der Waals surface area contributed by atoms with Crippen LogP contribution in [-0.4, -0.2) is 44.3 Å². The predicted molar refractivity (Wildman–Crippen MR) is 115 cm³/mol. The number of hydrogen-bond acceptors (Lipinski definition) is 4. The number of sulfonamides is 1. The maximum atomic E-state index is 12.7. The van der Waals surface area contributed by atoms with Crippen molar-refractivity contribution in [1.29, 1.82) is 0 Å². The molecule has 160 valence electrons. The second-order valence-electron chi connectivity index (χ2n) is 7.74. The Morgan fingerprint density at radius 2 is 1.75 bits per heavy atom. The van der Waals surface area contributed by atoms with Crippen molar-refractivity contribution in [2.45, 2.75) is 63.3 Å². The van der Waals surface area contributed by atoms with Gasteiger partial charge in [-0.05, 0) is 49.3 Å². The number of amides is 1. The van der Waals surface area contributed by atoms with Gasteiger partial charge in [-0.3, -0.25) is 4.79 Å². The van der Waals surface area contributed by atoms with E-state index in [1.807, 2.05) is 0 Å². The lowest BCUT2D eigenvalue weighted by molar-refractivity contribution is -0.121. The number of nitrogens with one attached hydrogen (secondary N) is 1. The van der Waals surface area contributed by atoms with Gasteiger partial charge >= 0.3 is 0 Å². The van der Waals surface area contributed by atoms with Crippen molar-refractivity contribution in [3.8, 4) is 0 Å². The lowest BCUT2D eigenvalue weighted by Crippen LogP contribution is -2.41. The Bertz CT molecular complexity index is 702. The molecule has 0 spiro atoms. The predicted octanol–water partition coefficient (Wildman–Crippen LogP) is 2.71. The molecule has 0 aliphatic carbocycles. The molecule has 3 N–H and O–H groups in total. The van der Waals surface area contributed by atoms with Crippen LogP contribution in [0.1, 0.15) is 51.5 Å². The van der Waals surface area contributed by atoms with Crippen LogP contribution < -0.4 is 11.1 Å². The summed E-state index contributed by atoms with van der Waals surface area (Å²) in [4.78, 5) is 12.5. The molecule has 1 unspecified atom stereocenters. The lowest BCUT2D eigenvalue weighted by Gasteiger charge is -2.25. The standard InChI is InChI=1S/C20H33N3O3S.ClH/c1-16(2)14-18(15-21)22-20(24)11-8-17-6-9-19(10-7-17)27(25,26)23-12-4-3-5-13-23;/h6-7,9-10,16,18H,3-5,8,11-15,21H2,1-2H3,(H,22,24);1H. The number of hydrogen-bond donors (Lipinski definition) is 2. The molecule has 2 rings (SSSR count). The topological polar surface area (TPSA) is 92.5 Å². The minimum absolute atomic E-state index is 0. The van der Waals surface area contributed by atoms with Gasteiger partial charge in [0.25, 0.3) is 0 Å². The van der Waals surface area contributed by atoms with E-state index in [0.717, 1.165) is 31.2 Å². The second-order valence-corrected chi connectivity index (χ2v) is 9.68. The average Bonchev–Trinajstić information content (AvgIpc) is 2.66. The quantitative estimate of drug-likeness (QED) is 0.628. The van der Waals surface area contributed by atoms with Crippen LogP contribution in [0.5, 0.6) is 0 Å². The Kier molecular flexibility index (Phi) is 10.4. The number of carbonyl (C=O) groups excluding carboxylic acids is 1. The van der Waals surface area contributed by atoms with Crippen LogP contribution in [0.4, 0.5) is 0 Å². The van der Waals surface area contributed by atoms with E-state index in [9.17, 15) is 13.2 Å². The molecule has 0 radical (unpaired) electrons. The van der Waals surface area contributed by atoms with Crippen LogP contribution in [0, 0.1) is 5.92 Å². The Labute approximate surface area is 175 Å². The zero-order valence-electron chi connectivity index (χ0n) is 16.9. The summed E-state index contributed by atoms with van der Waals surface area (Å²) in [6.07, 6.45) is 4.75. The number of benzene rings is 1. The van der Waals surface area contributed by atoms with Crippen molar-refractivity contribution in [2.24, 2.45) is 11.7 Å². The van der Waals surface area contributed by atoms with Crippen molar-refractivity contribution in [2.75, 3.05) is 19.6 Å². The molecule has 8 heteroatoms. The highest BCUT2D eigenvalue weighted by molar-refractivity contribution is 7.89. The molecule has 6 nitrogen and oxygen atoms in total. The smallest absolute Gasteiger partial charge is 0.243 e. The average molecular weight is 432 g/mol.